The summed E-state index contributed by atoms with van der Waals surface area (Å²) in [5, 5.41) is 1.71. The van der Waals surface area contributed by atoms with Crippen molar-refractivity contribution in [3.63, 3.8) is 0 Å². The fourth-order valence-corrected chi connectivity index (χ4v) is 5.04. The summed E-state index contributed by atoms with van der Waals surface area (Å²) in [7, 11) is 0. The summed E-state index contributed by atoms with van der Waals surface area (Å²) in [6.07, 6.45) is 5.85. The van der Waals surface area contributed by atoms with Gasteiger partial charge in [0, 0.05) is 36.1 Å². The van der Waals surface area contributed by atoms with E-state index in [1.165, 1.54) is 5.69 Å². The van der Waals surface area contributed by atoms with Crippen LogP contribution in [0.5, 0.6) is 0 Å². The smallest absolute Gasteiger partial charge is 0.160 e. The van der Waals surface area contributed by atoms with Gasteiger partial charge in [-0.1, -0.05) is 30.8 Å². The van der Waals surface area contributed by atoms with Gasteiger partial charge in [-0.2, -0.15) is 0 Å². The molecule has 0 bridgehead atoms. The molecule has 1 saturated heterocycles. The summed E-state index contributed by atoms with van der Waals surface area (Å²) in [4.78, 5) is 16.6. The van der Waals surface area contributed by atoms with Gasteiger partial charge >= 0.3 is 0 Å². The fraction of sp³-hybridized carbons (Fsp3) is 0.286. The average Bonchev–Trinajstić information content (AvgIpc) is 3.37. The lowest BCUT2D eigenvalue weighted by molar-refractivity contribution is 0.307. The van der Waals surface area contributed by atoms with Crippen LogP contribution >= 0.6 is 11.8 Å². The number of amidine groups is 1. The maximum Gasteiger partial charge on any atom is 0.160 e. The molecule has 0 aromatic carbocycles. The highest BCUT2D eigenvalue weighted by atomic mass is 32.2. The third-order valence-corrected chi connectivity index (χ3v) is 6.21. The van der Waals surface area contributed by atoms with E-state index in [0.29, 0.717) is 5.25 Å². The topological polar surface area (TPSA) is 46.3 Å². The maximum absolute atomic E-state index is 5.07. The number of hydrogen-bond acceptors (Lipinski definition) is 5. The molecule has 2 aliphatic heterocycles. The highest BCUT2D eigenvalue weighted by Crippen LogP contribution is 2.47. The summed E-state index contributed by atoms with van der Waals surface area (Å²) < 4.78 is 2.30. The summed E-state index contributed by atoms with van der Waals surface area (Å²) in [5.74, 6) is 0. The molecule has 3 aromatic rings. The largest absolute Gasteiger partial charge is 0.344 e. The van der Waals surface area contributed by atoms with Crippen molar-refractivity contribution in [3.05, 3.63) is 84.2 Å². The van der Waals surface area contributed by atoms with Gasteiger partial charge in [-0.15, -0.1) is 0 Å². The first-order valence-corrected chi connectivity index (χ1v) is 10.1. The molecule has 2 aliphatic rings. The molecular formula is C21H21N5S. The van der Waals surface area contributed by atoms with Crippen LogP contribution in [0.3, 0.4) is 0 Å². The van der Waals surface area contributed by atoms with E-state index >= 15 is 0 Å². The normalized spacial score (nSPS) is 24.1. The van der Waals surface area contributed by atoms with Gasteiger partial charge in [0.1, 0.15) is 6.04 Å². The zero-order chi connectivity index (χ0) is 18.2. The van der Waals surface area contributed by atoms with Crippen molar-refractivity contribution in [1.29, 1.82) is 0 Å². The Balaban J connectivity index is 1.53. The summed E-state index contributed by atoms with van der Waals surface area (Å²) in [6.45, 7) is 4.05. The molecular weight excluding hydrogens is 354 g/mol. The monoisotopic (exact) mass is 375 g/mol. The quantitative estimate of drug-likeness (QED) is 0.693. The van der Waals surface area contributed by atoms with Crippen LogP contribution in [-0.4, -0.2) is 36.4 Å². The van der Waals surface area contributed by atoms with E-state index in [1.807, 2.05) is 48.4 Å². The van der Waals surface area contributed by atoms with Crippen LogP contribution in [0.1, 0.15) is 36.1 Å². The molecule has 3 atom stereocenters. The van der Waals surface area contributed by atoms with Gasteiger partial charge in [0.15, 0.2) is 5.17 Å². The lowest BCUT2D eigenvalue weighted by atomic mass is 10.0. The van der Waals surface area contributed by atoms with Gasteiger partial charge in [0.25, 0.3) is 0 Å². The molecule has 1 fully saturated rings. The van der Waals surface area contributed by atoms with Crippen LogP contribution in [0, 0.1) is 0 Å². The second kappa shape index (κ2) is 6.85. The lowest BCUT2D eigenvalue weighted by Crippen LogP contribution is -2.30. The van der Waals surface area contributed by atoms with Crippen LogP contribution in [0.2, 0.25) is 0 Å². The van der Waals surface area contributed by atoms with Crippen LogP contribution in [0.25, 0.3) is 0 Å². The average molecular weight is 376 g/mol. The highest BCUT2D eigenvalue weighted by molar-refractivity contribution is 8.14. The third-order valence-electron chi connectivity index (χ3n) is 5.11. The summed E-state index contributed by atoms with van der Waals surface area (Å²) >= 11 is 1.87. The zero-order valence-corrected chi connectivity index (χ0v) is 16.0. The fourth-order valence-electron chi connectivity index (χ4n) is 3.94. The Morgan fingerprint density at radius 3 is 2.67 bits per heavy atom. The van der Waals surface area contributed by atoms with Crippen molar-refractivity contribution in [2.75, 3.05) is 6.54 Å². The first kappa shape index (κ1) is 16.6. The second-order valence-electron chi connectivity index (χ2n) is 7.02. The minimum atomic E-state index is 0.0265. The molecule has 0 aliphatic carbocycles. The van der Waals surface area contributed by atoms with Crippen LogP contribution in [0.4, 0.5) is 0 Å². The third kappa shape index (κ3) is 3.04. The first-order chi connectivity index (χ1) is 13.3. The van der Waals surface area contributed by atoms with Crippen molar-refractivity contribution in [1.82, 2.24) is 19.4 Å². The molecule has 0 amide bonds. The number of thioether (sulfide) groups is 1. The number of nitrogens with zero attached hydrogens (tertiary/aromatic N) is 5. The van der Waals surface area contributed by atoms with Crippen molar-refractivity contribution in [2.45, 2.75) is 30.8 Å². The predicted molar refractivity (Wildman–Crippen MR) is 109 cm³/mol. The van der Waals surface area contributed by atoms with Gasteiger partial charge in [-0.3, -0.25) is 15.0 Å². The van der Waals surface area contributed by atoms with E-state index in [2.05, 4.69) is 56.8 Å². The molecule has 5 rings (SSSR count). The molecule has 5 heterocycles. The molecule has 27 heavy (non-hydrogen) atoms. The molecule has 0 radical (unpaired) electrons. The molecule has 0 N–H and O–H groups in total. The Bertz CT molecular complexity index is 953. The van der Waals surface area contributed by atoms with E-state index in [1.54, 1.807) is 0 Å². The molecule has 3 aromatic heterocycles. The van der Waals surface area contributed by atoms with E-state index < -0.39 is 0 Å². The summed E-state index contributed by atoms with van der Waals surface area (Å²) in [6, 6.07) is 16.7. The molecule has 0 unspecified atom stereocenters. The SMILES string of the molecule is C[C@@H]1CN2C(=N[C@@H](c3ccccn3)[C@@H]2c2cccn2Cc2ccccn2)S1. The van der Waals surface area contributed by atoms with Gasteiger partial charge in [-0.25, -0.2) is 0 Å². The minimum absolute atomic E-state index is 0.0265. The number of rotatable bonds is 4. The lowest BCUT2D eigenvalue weighted by Gasteiger charge is -2.28. The molecule has 6 heteroatoms. The van der Waals surface area contributed by atoms with E-state index in [-0.39, 0.29) is 12.1 Å². The maximum atomic E-state index is 5.07. The zero-order valence-electron chi connectivity index (χ0n) is 15.1. The highest BCUT2D eigenvalue weighted by Gasteiger charge is 2.44. The van der Waals surface area contributed by atoms with Crippen molar-refractivity contribution >= 4 is 16.9 Å². The van der Waals surface area contributed by atoms with Crippen LogP contribution < -0.4 is 0 Å². The number of aromatic nitrogens is 3. The van der Waals surface area contributed by atoms with Gasteiger partial charge in [0.05, 0.1) is 24.0 Å². The molecule has 5 nitrogen and oxygen atoms in total. The Morgan fingerprint density at radius 1 is 1.04 bits per heavy atom. The van der Waals surface area contributed by atoms with E-state index in [9.17, 15) is 0 Å². The summed E-state index contributed by atoms with van der Waals surface area (Å²) in [5.41, 5.74) is 3.36. The van der Waals surface area contributed by atoms with Crippen molar-refractivity contribution in [2.24, 2.45) is 4.99 Å². The number of aliphatic imine (C=N–C) groups is 1. The Labute approximate surface area is 163 Å². The molecule has 0 spiro atoms. The number of pyridine rings is 2. The second-order valence-corrected chi connectivity index (χ2v) is 8.42. The van der Waals surface area contributed by atoms with Gasteiger partial charge in [-0.05, 0) is 36.4 Å². The molecule has 136 valence electrons. The van der Waals surface area contributed by atoms with Gasteiger partial charge in [0.2, 0.25) is 0 Å². The minimum Gasteiger partial charge on any atom is -0.344 e. The Kier molecular flexibility index (Phi) is 4.20. The van der Waals surface area contributed by atoms with Crippen LogP contribution in [-0.2, 0) is 6.54 Å². The predicted octanol–water partition coefficient (Wildman–Crippen LogP) is 3.92. The van der Waals surface area contributed by atoms with Crippen molar-refractivity contribution < 1.29 is 0 Å². The van der Waals surface area contributed by atoms with E-state index in [0.717, 1.165) is 29.6 Å². The molecule has 0 saturated carbocycles. The van der Waals surface area contributed by atoms with E-state index in [4.69, 9.17) is 4.99 Å². The number of hydrogen-bond donors (Lipinski definition) is 0. The first-order valence-electron chi connectivity index (χ1n) is 9.26. The Hall–Kier alpha value is -2.60. The Morgan fingerprint density at radius 2 is 1.89 bits per heavy atom. The van der Waals surface area contributed by atoms with Gasteiger partial charge < -0.3 is 9.47 Å². The van der Waals surface area contributed by atoms with Crippen molar-refractivity contribution in [3.8, 4) is 0 Å². The van der Waals surface area contributed by atoms with Crippen LogP contribution in [0.15, 0.2) is 72.1 Å². The standard InChI is InChI=1S/C21H21N5S/c1-15-13-26-20(19(24-21(26)27-15)17-8-3-5-11-23-17)18-9-6-12-25(18)14-16-7-2-4-10-22-16/h2-12,15,19-20H,13-14H2,1H3/t15-,19+,20+/m1/s1. The number of fused-ring (bicyclic) bond motifs is 1.